The van der Waals surface area contributed by atoms with E-state index in [9.17, 15) is 4.79 Å². The molecule has 2 heteroatoms. The van der Waals surface area contributed by atoms with E-state index in [4.69, 9.17) is 0 Å². The second-order valence-corrected chi connectivity index (χ2v) is 7.40. The third-order valence-corrected chi connectivity index (χ3v) is 4.17. The lowest BCUT2D eigenvalue weighted by Crippen LogP contribution is -2.35. The average Bonchev–Trinajstić information content (AvgIpc) is 2.34. The summed E-state index contributed by atoms with van der Waals surface area (Å²) in [6.07, 6.45) is 9.53. The maximum Gasteiger partial charge on any atom is 0.222 e. The molecule has 112 valence electrons. The highest BCUT2D eigenvalue weighted by Crippen LogP contribution is 2.27. The molecule has 0 bridgehead atoms. The maximum absolute atomic E-state index is 12.4. The van der Waals surface area contributed by atoms with E-state index in [2.05, 4.69) is 32.6 Å². The number of carbonyl (C=O) groups excluding carboxylic acids is 1. The molecule has 0 spiro atoms. The molecular formula is C17H33NO. The Hall–Kier alpha value is -0.530. The Labute approximate surface area is 119 Å². The summed E-state index contributed by atoms with van der Waals surface area (Å²) in [5.41, 5.74) is 0.317. The van der Waals surface area contributed by atoms with Gasteiger partial charge in [0, 0.05) is 19.5 Å². The lowest BCUT2D eigenvalue weighted by Gasteiger charge is -2.29. The van der Waals surface area contributed by atoms with Crippen molar-refractivity contribution in [1.29, 1.82) is 0 Å². The molecule has 0 aromatic carbocycles. The van der Waals surface area contributed by atoms with Crippen LogP contribution in [0.3, 0.4) is 0 Å². The molecule has 19 heavy (non-hydrogen) atoms. The molecule has 0 heterocycles. The van der Waals surface area contributed by atoms with Gasteiger partial charge in [-0.25, -0.2) is 0 Å². The van der Waals surface area contributed by atoms with Crippen molar-refractivity contribution in [1.82, 2.24) is 4.90 Å². The predicted molar refractivity (Wildman–Crippen MR) is 82.1 cm³/mol. The van der Waals surface area contributed by atoms with Gasteiger partial charge in [0.05, 0.1) is 0 Å². The summed E-state index contributed by atoms with van der Waals surface area (Å²) in [7, 11) is 0. The third kappa shape index (κ3) is 6.98. The quantitative estimate of drug-likeness (QED) is 0.687. The first kappa shape index (κ1) is 16.5. The van der Waals surface area contributed by atoms with Gasteiger partial charge in [0.25, 0.3) is 0 Å². The van der Waals surface area contributed by atoms with E-state index in [-0.39, 0.29) is 0 Å². The van der Waals surface area contributed by atoms with Crippen molar-refractivity contribution in [3.63, 3.8) is 0 Å². The van der Waals surface area contributed by atoms with Crippen LogP contribution in [-0.2, 0) is 4.79 Å². The fraction of sp³-hybridized carbons (Fsp3) is 0.941. The van der Waals surface area contributed by atoms with Gasteiger partial charge in [-0.15, -0.1) is 0 Å². The van der Waals surface area contributed by atoms with Gasteiger partial charge in [-0.2, -0.15) is 0 Å². The Morgan fingerprint density at radius 1 is 1.11 bits per heavy atom. The van der Waals surface area contributed by atoms with Crippen molar-refractivity contribution < 1.29 is 4.79 Å². The van der Waals surface area contributed by atoms with Crippen LogP contribution in [0.25, 0.3) is 0 Å². The van der Waals surface area contributed by atoms with Gasteiger partial charge in [-0.3, -0.25) is 4.79 Å². The van der Waals surface area contributed by atoms with Gasteiger partial charge in [0.1, 0.15) is 0 Å². The minimum Gasteiger partial charge on any atom is -0.343 e. The molecule has 0 saturated heterocycles. The molecule has 1 saturated carbocycles. The standard InChI is InChI=1S/C17H33NO/c1-5-12-18(13-11-17(2,3)4)16(19)14-15-9-7-6-8-10-15/h15H,5-14H2,1-4H3. The summed E-state index contributed by atoms with van der Waals surface area (Å²) in [6, 6.07) is 0. The summed E-state index contributed by atoms with van der Waals surface area (Å²) in [5, 5.41) is 0. The summed E-state index contributed by atoms with van der Waals surface area (Å²) in [6.45, 7) is 10.8. The van der Waals surface area contributed by atoms with Gasteiger partial charge in [-0.05, 0) is 37.0 Å². The summed E-state index contributed by atoms with van der Waals surface area (Å²) in [4.78, 5) is 14.6. The van der Waals surface area contributed by atoms with Crippen LogP contribution in [-0.4, -0.2) is 23.9 Å². The second-order valence-electron chi connectivity index (χ2n) is 7.40. The van der Waals surface area contributed by atoms with Crippen LogP contribution in [0, 0.1) is 11.3 Å². The zero-order chi connectivity index (χ0) is 14.3. The topological polar surface area (TPSA) is 20.3 Å². The molecule has 2 nitrogen and oxygen atoms in total. The van der Waals surface area contributed by atoms with Gasteiger partial charge in [-0.1, -0.05) is 47.0 Å². The minimum absolute atomic E-state index is 0.317. The highest BCUT2D eigenvalue weighted by molar-refractivity contribution is 5.76. The highest BCUT2D eigenvalue weighted by atomic mass is 16.2. The van der Waals surface area contributed by atoms with E-state index in [0.29, 0.717) is 17.2 Å². The lowest BCUT2D eigenvalue weighted by atomic mass is 9.86. The number of carbonyl (C=O) groups is 1. The Morgan fingerprint density at radius 3 is 2.26 bits per heavy atom. The van der Waals surface area contributed by atoms with E-state index < -0.39 is 0 Å². The van der Waals surface area contributed by atoms with Crippen LogP contribution in [0.5, 0.6) is 0 Å². The molecule has 1 fully saturated rings. The largest absolute Gasteiger partial charge is 0.343 e. The highest BCUT2D eigenvalue weighted by Gasteiger charge is 2.22. The van der Waals surface area contributed by atoms with Gasteiger partial charge in [0.15, 0.2) is 0 Å². The Bertz CT molecular complexity index is 261. The van der Waals surface area contributed by atoms with E-state index in [0.717, 1.165) is 32.4 Å². The van der Waals surface area contributed by atoms with E-state index in [1.165, 1.54) is 32.1 Å². The molecular weight excluding hydrogens is 234 g/mol. The van der Waals surface area contributed by atoms with Crippen molar-refractivity contribution in [3.8, 4) is 0 Å². The molecule has 1 rings (SSSR count). The van der Waals surface area contributed by atoms with Crippen LogP contribution in [0.2, 0.25) is 0 Å². The van der Waals surface area contributed by atoms with Crippen LogP contribution >= 0.6 is 0 Å². The smallest absolute Gasteiger partial charge is 0.222 e. The number of amides is 1. The fourth-order valence-electron chi connectivity index (χ4n) is 2.87. The molecule has 1 aliphatic rings. The van der Waals surface area contributed by atoms with Crippen molar-refractivity contribution in [3.05, 3.63) is 0 Å². The van der Waals surface area contributed by atoms with Crippen molar-refractivity contribution in [2.24, 2.45) is 11.3 Å². The summed E-state index contributed by atoms with van der Waals surface area (Å²) in [5.74, 6) is 1.06. The van der Waals surface area contributed by atoms with Crippen LogP contribution < -0.4 is 0 Å². The minimum atomic E-state index is 0.317. The van der Waals surface area contributed by atoms with Crippen LogP contribution in [0.4, 0.5) is 0 Å². The number of hydrogen-bond donors (Lipinski definition) is 0. The second kappa shape index (κ2) is 7.91. The monoisotopic (exact) mass is 267 g/mol. The molecule has 0 N–H and O–H groups in total. The normalized spacial score (nSPS) is 17.5. The maximum atomic E-state index is 12.4. The van der Waals surface area contributed by atoms with Gasteiger partial charge < -0.3 is 4.90 Å². The first-order valence-corrected chi connectivity index (χ1v) is 8.20. The molecule has 0 unspecified atom stereocenters. The van der Waals surface area contributed by atoms with E-state index >= 15 is 0 Å². The molecule has 1 amide bonds. The summed E-state index contributed by atoms with van der Waals surface area (Å²) >= 11 is 0. The Morgan fingerprint density at radius 2 is 1.74 bits per heavy atom. The Kier molecular flexibility index (Phi) is 6.88. The van der Waals surface area contributed by atoms with Crippen molar-refractivity contribution in [2.45, 2.75) is 79.1 Å². The first-order valence-electron chi connectivity index (χ1n) is 8.20. The van der Waals surface area contributed by atoms with Crippen molar-refractivity contribution >= 4 is 5.91 Å². The summed E-state index contributed by atoms with van der Waals surface area (Å²) < 4.78 is 0. The lowest BCUT2D eigenvalue weighted by molar-refractivity contribution is -0.132. The Balaban J connectivity index is 2.42. The molecule has 0 radical (unpaired) electrons. The number of nitrogens with zero attached hydrogens (tertiary/aromatic N) is 1. The molecule has 1 aliphatic carbocycles. The van der Waals surface area contributed by atoms with Crippen LogP contribution in [0.15, 0.2) is 0 Å². The zero-order valence-electron chi connectivity index (χ0n) is 13.5. The number of hydrogen-bond acceptors (Lipinski definition) is 1. The van der Waals surface area contributed by atoms with Gasteiger partial charge >= 0.3 is 0 Å². The predicted octanol–water partition coefficient (Wildman–Crippen LogP) is 4.63. The molecule has 0 atom stereocenters. The van der Waals surface area contributed by atoms with Crippen LogP contribution in [0.1, 0.15) is 79.1 Å². The van der Waals surface area contributed by atoms with Crippen molar-refractivity contribution in [2.75, 3.05) is 13.1 Å². The number of rotatable bonds is 6. The molecule has 0 aliphatic heterocycles. The van der Waals surface area contributed by atoms with Gasteiger partial charge in [0.2, 0.25) is 5.91 Å². The first-order chi connectivity index (χ1) is 8.92. The average molecular weight is 267 g/mol. The molecule has 0 aromatic heterocycles. The third-order valence-electron chi connectivity index (χ3n) is 4.17. The van der Waals surface area contributed by atoms with E-state index in [1.807, 2.05) is 0 Å². The zero-order valence-corrected chi connectivity index (χ0v) is 13.5. The fourth-order valence-corrected chi connectivity index (χ4v) is 2.87. The SMILES string of the molecule is CCCN(CCC(C)(C)C)C(=O)CC1CCCCC1. The molecule has 0 aromatic rings. The van der Waals surface area contributed by atoms with E-state index in [1.54, 1.807) is 0 Å².